The molecule has 2 aromatic carbocycles. The van der Waals surface area contributed by atoms with Crippen molar-refractivity contribution in [3.63, 3.8) is 0 Å². The first-order valence-corrected chi connectivity index (χ1v) is 13.6. The van der Waals surface area contributed by atoms with E-state index >= 15 is 0 Å². The second-order valence-electron chi connectivity index (χ2n) is 8.83. The van der Waals surface area contributed by atoms with Gasteiger partial charge >= 0.3 is 0 Å². The van der Waals surface area contributed by atoms with Gasteiger partial charge in [-0.25, -0.2) is 0 Å². The van der Waals surface area contributed by atoms with E-state index in [1.165, 1.54) is 84.9 Å². The van der Waals surface area contributed by atoms with Gasteiger partial charge in [-0.3, -0.25) is 0 Å². The quantitative estimate of drug-likeness (QED) is 0.193. The third kappa shape index (κ3) is 3.42. The van der Waals surface area contributed by atoms with E-state index in [0.29, 0.717) is 0 Å². The van der Waals surface area contributed by atoms with Gasteiger partial charge in [0.1, 0.15) is 0 Å². The van der Waals surface area contributed by atoms with Crippen LogP contribution in [0.15, 0.2) is 35.7 Å². The molecule has 0 aliphatic heterocycles. The molecule has 0 fully saturated rings. The van der Waals surface area contributed by atoms with Gasteiger partial charge < -0.3 is 0 Å². The molecule has 1 aliphatic rings. The number of benzene rings is 2. The maximum Gasteiger partial charge on any atom is 0.0445 e. The van der Waals surface area contributed by atoms with Crippen molar-refractivity contribution in [2.75, 3.05) is 0 Å². The zero-order chi connectivity index (χ0) is 20.5. The summed E-state index contributed by atoms with van der Waals surface area (Å²) in [6.07, 6.45) is 13.2. The standard InChI is InChI=1S/C28H32S2/c1-3-5-7-9-12-19-13-11-15-21-24(19)25-22-16-17-29-27(22)23-18-20(14-10-8-6-4-2)30-28(23)26(21)25/h11,13,15-18H,3-10,12,14H2,1-2H3. The van der Waals surface area contributed by atoms with E-state index in [0.717, 1.165) is 0 Å². The highest BCUT2D eigenvalue weighted by molar-refractivity contribution is 7.22. The predicted octanol–water partition coefficient (Wildman–Crippen LogP) is 9.25. The molecular weight excluding hydrogens is 400 g/mol. The minimum atomic E-state index is 1.22. The van der Waals surface area contributed by atoms with Gasteiger partial charge in [0.25, 0.3) is 0 Å². The van der Waals surface area contributed by atoms with E-state index in [1.54, 1.807) is 30.8 Å². The summed E-state index contributed by atoms with van der Waals surface area (Å²) in [4.78, 5) is 1.58. The fourth-order valence-corrected chi connectivity index (χ4v) is 7.38. The Bertz CT molecular complexity index is 1370. The molecule has 4 aromatic rings. The number of aryl methyl sites for hydroxylation is 2. The summed E-state index contributed by atoms with van der Waals surface area (Å²) in [7, 11) is 0. The molecule has 0 saturated heterocycles. The van der Waals surface area contributed by atoms with E-state index in [4.69, 9.17) is 0 Å². The van der Waals surface area contributed by atoms with Crippen LogP contribution in [0.2, 0.25) is 0 Å². The van der Waals surface area contributed by atoms with Crippen LogP contribution in [0.4, 0.5) is 0 Å². The van der Waals surface area contributed by atoms with Crippen LogP contribution in [0, 0.1) is 20.9 Å². The number of hydrogen-bond acceptors (Lipinski definition) is 2. The smallest absolute Gasteiger partial charge is 0.0445 e. The van der Waals surface area contributed by atoms with Gasteiger partial charge in [-0.05, 0) is 59.2 Å². The van der Waals surface area contributed by atoms with Crippen molar-refractivity contribution in [1.82, 2.24) is 0 Å². The van der Waals surface area contributed by atoms with Crippen LogP contribution in [0.1, 0.15) is 75.7 Å². The molecule has 0 radical (unpaired) electrons. The van der Waals surface area contributed by atoms with Crippen LogP contribution in [0.5, 0.6) is 0 Å². The Morgan fingerprint density at radius 3 is 2.30 bits per heavy atom. The highest BCUT2D eigenvalue weighted by atomic mass is 32.1. The Kier molecular flexibility index (Phi) is 5.98. The first kappa shape index (κ1) is 20.3. The van der Waals surface area contributed by atoms with Crippen LogP contribution in [0.3, 0.4) is 0 Å². The lowest BCUT2D eigenvalue weighted by atomic mass is 9.92. The average Bonchev–Trinajstić information content (AvgIpc) is 3.37. The Morgan fingerprint density at radius 2 is 1.50 bits per heavy atom. The predicted molar refractivity (Wildman–Crippen MR) is 135 cm³/mol. The van der Waals surface area contributed by atoms with Crippen LogP contribution >= 0.6 is 22.7 Å². The molecule has 1 aliphatic carbocycles. The molecule has 30 heavy (non-hydrogen) atoms. The van der Waals surface area contributed by atoms with Crippen LogP contribution < -0.4 is 0 Å². The van der Waals surface area contributed by atoms with Crippen molar-refractivity contribution in [1.29, 1.82) is 0 Å². The molecule has 0 atom stereocenters. The van der Waals surface area contributed by atoms with Gasteiger partial charge in [0.05, 0.1) is 0 Å². The van der Waals surface area contributed by atoms with Crippen LogP contribution in [0.25, 0.3) is 20.2 Å². The Labute approximate surface area is 187 Å². The molecule has 0 nitrogen and oxygen atoms in total. The van der Waals surface area contributed by atoms with E-state index in [9.17, 15) is 0 Å². The first-order valence-electron chi connectivity index (χ1n) is 11.9. The zero-order valence-electron chi connectivity index (χ0n) is 18.4. The van der Waals surface area contributed by atoms with Gasteiger partial charge in [-0.1, -0.05) is 70.6 Å². The van der Waals surface area contributed by atoms with Gasteiger partial charge in [-0.2, -0.15) is 0 Å². The number of rotatable bonds is 10. The van der Waals surface area contributed by atoms with Crippen molar-refractivity contribution >= 4 is 42.8 Å². The molecule has 0 unspecified atom stereocenters. The van der Waals surface area contributed by atoms with Crippen LogP contribution in [-0.2, 0) is 12.8 Å². The van der Waals surface area contributed by atoms with Crippen molar-refractivity contribution in [3.05, 3.63) is 67.0 Å². The van der Waals surface area contributed by atoms with Gasteiger partial charge in [-0.15, -0.1) is 22.7 Å². The molecule has 0 spiro atoms. The summed E-state index contributed by atoms with van der Waals surface area (Å²) < 4.78 is 3.05. The summed E-state index contributed by atoms with van der Waals surface area (Å²) in [5.74, 6) is 0. The highest BCUT2D eigenvalue weighted by Gasteiger charge is 2.17. The summed E-state index contributed by atoms with van der Waals surface area (Å²) in [5, 5.41) is 11.5. The van der Waals surface area contributed by atoms with E-state index in [-0.39, 0.29) is 0 Å². The molecule has 5 rings (SSSR count). The SMILES string of the molecule is CCCCCCc1cc2c(s1)c1c(c3ccsc32)=c2c(CCCCCC)cccc2=1. The van der Waals surface area contributed by atoms with E-state index < -0.39 is 0 Å². The highest BCUT2D eigenvalue weighted by Crippen LogP contribution is 2.40. The molecule has 0 amide bonds. The molecule has 156 valence electrons. The maximum absolute atomic E-state index is 2.51. The second-order valence-corrected chi connectivity index (χ2v) is 10.9. The van der Waals surface area contributed by atoms with Gasteiger partial charge in [0.15, 0.2) is 0 Å². The Hall–Kier alpha value is -1.64. The second kappa shape index (κ2) is 8.85. The van der Waals surface area contributed by atoms with Crippen molar-refractivity contribution < 1.29 is 0 Å². The molecule has 2 heterocycles. The topological polar surface area (TPSA) is 0 Å². The van der Waals surface area contributed by atoms with Crippen LogP contribution in [-0.4, -0.2) is 0 Å². The van der Waals surface area contributed by atoms with Gasteiger partial charge in [0.2, 0.25) is 0 Å². The minimum Gasteiger partial charge on any atom is -0.143 e. The van der Waals surface area contributed by atoms with Crippen molar-refractivity contribution in [3.8, 4) is 0 Å². The Morgan fingerprint density at radius 1 is 0.700 bits per heavy atom. The third-order valence-electron chi connectivity index (χ3n) is 6.69. The zero-order valence-corrected chi connectivity index (χ0v) is 20.0. The van der Waals surface area contributed by atoms with Crippen molar-refractivity contribution in [2.45, 2.75) is 78.1 Å². The average molecular weight is 433 g/mol. The lowest BCUT2D eigenvalue weighted by Crippen LogP contribution is -1.98. The molecule has 0 saturated carbocycles. The molecule has 0 N–H and O–H groups in total. The van der Waals surface area contributed by atoms with E-state index in [2.05, 4.69) is 60.9 Å². The fraction of sp³-hybridized carbons (Fsp3) is 0.429. The third-order valence-corrected chi connectivity index (χ3v) is 8.85. The number of unbranched alkanes of at least 4 members (excludes halogenated alkanes) is 6. The van der Waals surface area contributed by atoms with Gasteiger partial charge in [0, 0.05) is 35.5 Å². The molecule has 0 bridgehead atoms. The lowest BCUT2D eigenvalue weighted by Gasteiger charge is -2.12. The normalized spacial score (nSPS) is 12.3. The van der Waals surface area contributed by atoms with Crippen molar-refractivity contribution in [2.24, 2.45) is 0 Å². The largest absolute Gasteiger partial charge is 0.143 e. The maximum atomic E-state index is 2.51. The molecule has 2 aromatic heterocycles. The summed E-state index contributed by atoms with van der Waals surface area (Å²) in [6, 6.07) is 11.9. The molecular formula is C28H32S2. The number of hydrogen-bond donors (Lipinski definition) is 0. The minimum absolute atomic E-state index is 1.22. The summed E-state index contributed by atoms with van der Waals surface area (Å²) >= 11 is 4.00. The summed E-state index contributed by atoms with van der Waals surface area (Å²) in [6.45, 7) is 4.59. The summed E-state index contributed by atoms with van der Waals surface area (Å²) in [5.41, 5.74) is 1.57. The monoisotopic (exact) mass is 432 g/mol. The lowest BCUT2D eigenvalue weighted by molar-refractivity contribution is 0.665. The molecule has 2 heteroatoms. The Balaban J connectivity index is 1.63. The number of fused-ring (bicyclic) bond motifs is 7. The van der Waals surface area contributed by atoms with E-state index in [1.807, 2.05) is 11.3 Å². The number of thiophene rings is 2. The fourth-order valence-electron chi connectivity index (χ4n) is 5.12. The first-order chi connectivity index (χ1) is 14.8.